The first-order valence-electron chi connectivity index (χ1n) is 12.4. The molecule has 30 heavy (non-hydrogen) atoms. The average Bonchev–Trinajstić information content (AvgIpc) is 3.22. The van der Waals surface area contributed by atoms with Crippen LogP contribution in [-0.4, -0.2) is 31.1 Å². The molecule has 4 heteroatoms. The molecule has 0 N–H and O–H groups in total. The van der Waals surface area contributed by atoms with Crippen LogP contribution < -0.4 is 0 Å². The highest BCUT2D eigenvalue weighted by Gasteiger charge is 2.39. The van der Waals surface area contributed by atoms with Crippen LogP contribution in [0, 0.1) is 5.41 Å². The normalized spacial score (nSPS) is 23.0. The Morgan fingerprint density at radius 2 is 1.80 bits per heavy atom. The molecule has 4 nitrogen and oxygen atoms in total. The first-order valence-corrected chi connectivity index (χ1v) is 12.4. The van der Waals surface area contributed by atoms with Gasteiger partial charge in [0.15, 0.2) is 6.29 Å². The summed E-state index contributed by atoms with van der Waals surface area (Å²) in [6, 6.07) is 0. The van der Waals surface area contributed by atoms with E-state index < -0.39 is 0 Å². The average molecular weight is 421 g/mol. The van der Waals surface area contributed by atoms with Gasteiger partial charge in [0, 0.05) is 18.9 Å². The number of allylic oxidation sites excluding steroid dienone is 2. The number of ether oxygens (including phenoxy) is 3. The lowest BCUT2D eigenvalue weighted by molar-refractivity contribution is -0.207. The SMILES string of the molecule is CCCCCC(C=CC1(C(CCCCC)OC2CCCCO2)CC=CC1)OC(C)=O. The quantitative estimate of drug-likeness (QED) is 0.174. The lowest BCUT2D eigenvalue weighted by Gasteiger charge is -2.38. The fraction of sp³-hybridized carbons (Fsp3) is 0.808. The number of rotatable bonds is 14. The molecule has 0 aromatic carbocycles. The molecule has 1 aliphatic carbocycles. The van der Waals surface area contributed by atoms with Crippen LogP contribution >= 0.6 is 0 Å². The van der Waals surface area contributed by atoms with Gasteiger partial charge < -0.3 is 14.2 Å². The van der Waals surface area contributed by atoms with Gasteiger partial charge in [0.05, 0.1) is 6.10 Å². The molecule has 0 amide bonds. The number of unbranched alkanes of at least 4 members (excludes halogenated alkanes) is 4. The summed E-state index contributed by atoms with van der Waals surface area (Å²) in [6.45, 7) is 6.75. The van der Waals surface area contributed by atoms with Gasteiger partial charge in [-0.3, -0.25) is 4.79 Å². The van der Waals surface area contributed by atoms with Crippen LogP contribution in [0.15, 0.2) is 24.3 Å². The molecule has 0 saturated carbocycles. The summed E-state index contributed by atoms with van der Waals surface area (Å²) in [7, 11) is 0. The maximum atomic E-state index is 11.6. The zero-order chi connectivity index (χ0) is 21.7. The molecule has 1 saturated heterocycles. The topological polar surface area (TPSA) is 44.8 Å². The van der Waals surface area contributed by atoms with Gasteiger partial charge in [0.25, 0.3) is 0 Å². The molecule has 0 radical (unpaired) electrons. The van der Waals surface area contributed by atoms with Gasteiger partial charge in [0.1, 0.15) is 6.10 Å². The van der Waals surface area contributed by atoms with Gasteiger partial charge >= 0.3 is 5.97 Å². The monoisotopic (exact) mass is 420 g/mol. The molecule has 3 unspecified atom stereocenters. The van der Waals surface area contributed by atoms with Crippen molar-refractivity contribution in [3.8, 4) is 0 Å². The van der Waals surface area contributed by atoms with E-state index in [9.17, 15) is 4.79 Å². The van der Waals surface area contributed by atoms with E-state index in [2.05, 4.69) is 38.2 Å². The molecule has 1 heterocycles. The summed E-state index contributed by atoms with van der Waals surface area (Å²) < 4.78 is 18.2. The van der Waals surface area contributed by atoms with E-state index in [0.717, 1.165) is 51.6 Å². The number of hydrogen-bond donors (Lipinski definition) is 0. The summed E-state index contributed by atoms with van der Waals surface area (Å²) in [4.78, 5) is 11.6. The second-order valence-corrected chi connectivity index (χ2v) is 9.03. The second-order valence-electron chi connectivity index (χ2n) is 9.03. The molecule has 1 fully saturated rings. The van der Waals surface area contributed by atoms with Crippen molar-refractivity contribution >= 4 is 5.97 Å². The van der Waals surface area contributed by atoms with Crippen molar-refractivity contribution in [3.05, 3.63) is 24.3 Å². The van der Waals surface area contributed by atoms with Crippen LogP contribution in [0.4, 0.5) is 0 Å². The van der Waals surface area contributed by atoms with E-state index in [4.69, 9.17) is 14.2 Å². The first kappa shape index (κ1) is 25.1. The predicted octanol–water partition coefficient (Wildman–Crippen LogP) is 6.88. The van der Waals surface area contributed by atoms with Crippen molar-refractivity contribution in [2.45, 2.75) is 123 Å². The molecule has 1 aliphatic heterocycles. The minimum absolute atomic E-state index is 0.0578. The zero-order valence-electron chi connectivity index (χ0n) is 19.6. The summed E-state index contributed by atoms with van der Waals surface area (Å²) >= 11 is 0. The largest absolute Gasteiger partial charge is 0.458 e. The van der Waals surface area contributed by atoms with E-state index >= 15 is 0 Å². The smallest absolute Gasteiger partial charge is 0.303 e. The molecule has 3 atom stereocenters. The minimum atomic E-state index is -0.203. The van der Waals surface area contributed by atoms with Gasteiger partial charge in [-0.05, 0) is 57.4 Å². The molecule has 2 rings (SSSR count). The highest BCUT2D eigenvalue weighted by molar-refractivity contribution is 5.66. The Bertz CT molecular complexity index is 525. The number of carbonyl (C=O) groups excluding carboxylic acids is 1. The van der Waals surface area contributed by atoms with E-state index in [1.807, 2.05) is 0 Å². The second kappa shape index (κ2) is 14.0. The van der Waals surface area contributed by atoms with E-state index in [-0.39, 0.29) is 29.9 Å². The van der Waals surface area contributed by atoms with Crippen molar-refractivity contribution in [1.29, 1.82) is 0 Å². The Labute approximate surface area is 184 Å². The molecule has 0 aromatic heterocycles. The predicted molar refractivity (Wildman–Crippen MR) is 122 cm³/mol. The molecular weight excluding hydrogens is 376 g/mol. The van der Waals surface area contributed by atoms with Gasteiger partial charge in [-0.2, -0.15) is 0 Å². The molecule has 0 aromatic rings. The van der Waals surface area contributed by atoms with E-state index in [1.165, 1.54) is 45.4 Å². The van der Waals surface area contributed by atoms with Crippen LogP contribution in [0.1, 0.15) is 104 Å². The van der Waals surface area contributed by atoms with Crippen LogP contribution in [0.2, 0.25) is 0 Å². The Morgan fingerprint density at radius 3 is 2.40 bits per heavy atom. The molecule has 2 aliphatic rings. The van der Waals surface area contributed by atoms with Crippen LogP contribution in [-0.2, 0) is 19.0 Å². The van der Waals surface area contributed by atoms with Gasteiger partial charge in [-0.1, -0.05) is 64.2 Å². The molecule has 0 spiro atoms. The first-order chi connectivity index (χ1) is 14.6. The summed E-state index contributed by atoms with van der Waals surface area (Å²) in [5, 5.41) is 0. The Morgan fingerprint density at radius 1 is 1.10 bits per heavy atom. The van der Waals surface area contributed by atoms with E-state index in [0.29, 0.717) is 0 Å². The molecule has 0 bridgehead atoms. The summed E-state index contributed by atoms with van der Waals surface area (Å²) in [6.07, 6.45) is 23.1. The third kappa shape index (κ3) is 8.55. The van der Waals surface area contributed by atoms with Crippen LogP contribution in [0.5, 0.6) is 0 Å². The number of esters is 1. The highest BCUT2D eigenvalue weighted by Crippen LogP contribution is 2.43. The van der Waals surface area contributed by atoms with Crippen molar-refractivity contribution in [2.24, 2.45) is 5.41 Å². The third-order valence-corrected chi connectivity index (χ3v) is 6.38. The van der Waals surface area contributed by atoms with Gasteiger partial charge in [-0.15, -0.1) is 0 Å². The molecular formula is C26H44O4. The Hall–Kier alpha value is -1.13. The molecule has 172 valence electrons. The minimum Gasteiger partial charge on any atom is -0.458 e. The third-order valence-electron chi connectivity index (χ3n) is 6.38. The van der Waals surface area contributed by atoms with E-state index in [1.54, 1.807) is 0 Å². The summed E-state index contributed by atoms with van der Waals surface area (Å²) in [5.41, 5.74) is -0.0578. The standard InChI is InChI=1S/C26H44O4/c1-4-6-8-14-23(29-22(3)27)17-20-26(18-11-12-19-26)24(15-9-7-5-2)30-25-16-10-13-21-28-25/h11-12,17,20,23-25H,4-10,13-16,18-19,21H2,1-3H3. The van der Waals surface area contributed by atoms with Crippen LogP contribution in [0.25, 0.3) is 0 Å². The Balaban J connectivity index is 2.13. The maximum absolute atomic E-state index is 11.6. The van der Waals surface area contributed by atoms with Crippen molar-refractivity contribution in [2.75, 3.05) is 6.61 Å². The number of hydrogen-bond acceptors (Lipinski definition) is 4. The number of carbonyl (C=O) groups is 1. The fourth-order valence-electron chi connectivity index (χ4n) is 4.57. The van der Waals surface area contributed by atoms with Crippen molar-refractivity contribution in [1.82, 2.24) is 0 Å². The fourth-order valence-corrected chi connectivity index (χ4v) is 4.57. The summed E-state index contributed by atoms with van der Waals surface area (Å²) in [5.74, 6) is -0.203. The van der Waals surface area contributed by atoms with Crippen molar-refractivity contribution < 1.29 is 19.0 Å². The van der Waals surface area contributed by atoms with Crippen LogP contribution in [0.3, 0.4) is 0 Å². The van der Waals surface area contributed by atoms with Gasteiger partial charge in [-0.25, -0.2) is 0 Å². The zero-order valence-corrected chi connectivity index (χ0v) is 19.6. The lowest BCUT2D eigenvalue weighted by Crippen LogP contribution is -2.39. The highest BCUT2D eigenvalue weighted by atomic mass is 16.7. The Kier molecular flexibility index (Phi) is 11.8. The lowest BCUT2D eigenvalue weighted by atomic mass is 9.76. The maximum Gasteiger partial charge on any atom is 0.303 e. The van der Waals surface area contributed by atoms with Gasteiger partial charge in [0.2, 0.25) is 0 Å². The van der Waals surface area contributed by atoms with Crippen molar-refractivity contribution in [3.63, 3.8) is 0 Å².